The molecular formula is C10H22O4SSi. The maximum Gasteiger partial charge on any atom is 0.501 e. The van der Waals surface area contributed by atoms with Crippen LogP contribution in [0.2, 0.25) is 6.04 Å². The highest BCUT2D eigenvalue weighted by molar-refractivity contribution is 8.13. The molecule has 96 valence electrons. The molecule has 0 radical (unpaired) electrons. The van der Waals surface area contributed by atoms with Crippen molar-refractivity contribution in [3.63, 3.8) is 0 Å². The van der Waals surface area contributed by atoms with Crippen molar-refractivity contribution in [2.24, 2.45) is 0 Å². The van der Waals surface area contributed by atoms with Crippen molar-refractivity contribution in [2.75, 3.05) is 25.6 Å². The molecule has 0 fully saturated rings. The number of carbonyl (C=O) groups is 1. The van der Waals surface area contributed by atoms with Crippen molar-refractivity contribution >= 4 is 25.7 Å². The van der Waals surface area contributed by atoms with E-state index in [0.717, 1.165) is 0 Å². The van der Waals surface area contributed by atoms with E-state index in [0.29, 0.717) is 31.6 Å². The molecule has 0 aromatic carbocycles. The fourth-order valence-corrected chi connectivity index (χ4v) is 5.02. The molecular weight excluding hydrogens is 244 g/mol. The largest absolute Gasteiger partial charge is 0.501 e. The van der Waals surface area contributed by atoms with Crippen LogP contribution >= 0.6 is 11.8 Å². The first-order valence-electron chi connectivity index (χ1n) is 5.65. The monoisotopic (exact) mass is 266 g/mol. The average molecular weight is 266 g/mol. The highest BCUT2D eigenvalue weighted by atomic mass is 32.2. The van der Waals surface area contributed by atoms with Crippen LogP contribution in [0.25, 0.3) is 0 Å². The molecule has 0 heterocycles. The van der Waals surface area contributed by atoms with Gasteiger partial charge in [-0.1, -0.05) is 11.8 Å². The summed E-state index contributed by atoms with van der Waals surface area (Å²) in [5.41, 5.74) is 0. The lowest BCUT2D eigenvalue weighted by atomic mass is 10.9. The third kappa shape index (κ3) is 6.65. The molecule has 0 unspecified atom stereocenters. The van der Waals surface area contributed by atoms with Crippen LogP contribution in [0.3, 0.4) is 0 Å². The summed E-state index contributed by atoms with van der Waals surface area (Å²) < 4.78 is 17.0. The van der Waals surface area contributed by atoms with Crippen molar-refractivity contribution in [3.05, 3.63) is 0 Å². The maximum absolute atomic E-state index is 10.9. The van der Waals surface area contributed by atoms with Gasteiger partial charge in [0.25, 0.3) is 0 Å². The number of carbonyl (C=O) groups excluding carboxylic acids is 1. The van der Waals surface area contributed by atoms with Crippen LogP contribution in [0.5, 0.6) is 0 Å². The van der Waals surface area contributed by atoms with Crippen molar-refractivity contribution in [1.29, 1.82) is 0 Å². The first-order valence-corrected chi connectivity index (χ1v) is 8.57. The Morgan fingerprint density at radius 1 is 1.06 bits per heavy atom. The van der Waals surface area contributed by atoms with Gasteiger partial charge in [0, 0.05) is 38.5 Å². The third-order valence-electron chi connectivity index (χ3n) is 1.81. The Kier molecular flexibility index (Phi) is 9.25. The van der Waals surface area contributed by atoms with E-state index in [1.807, 2.05) is 20.8 Å². The summed E-state index contributed by atoms with van der Waals surface area (Å²) in [5.74, 6) is 0.696. The summed E-state index contributed by atoms with van der Waals surface area (Å²) in [6.45, 7) is 9.09. The van der Waals surface area contributed by atoms with Crippen LogP contribution < -0.4 is 0 Å². The summed E-state index contributed by atoms with van der Waals surface area (Å²) in [6.07, 6.45) is 0. The van der Waals surface area contributed by atoms with E-state index in [9.17, 15) is 4.79 Å². The minimum absolute atomic E-state index is 0.118. The van der Waals surface area contributed by atoms with Gasteiger partial charge in [0.1, 0.15) is 0 Å². The van der Waals surface area contributed by atoms with E-state index in [-0.39, 0.29) is 5.12 Å². The molecule has 0 aliphatic heterocycles. The molecule has 6 heteroatoms. The second-order valence-electron chi connectivity index (χ2n) is 3.07. The van der Waals surface area contributed by atoms with Gasteiger partial charge in [-0.05, 0) is 20.8 Å². The van der Waals surface area contributed by atoms with Crippen LogP contribution in [-0.4, -0.2) is 39.5 Å². The van der Waals surface area contributed by atoms with Gasteiger partial charge < -0.3 is 13.3 Å². The van der Waals surface area contributed by atoms with Crippen molar-refractivity contribution in [1.82, 2.24) is 0 Å². The van der Waals surface area contributed by atoms with Crippen LogP contribution in [0.15, 0.2) is 0 Å². The minimum atomic E-state index is -2.54. The Bertz CT molecular complexity index is 184. The van der Waals surface area contributed by atoms with Gasteiger partial charge in [-0.25, -0.2) is 0 Å². The van der Waals surface area contributed by atoms with Crippen LogP contribution in [0.1, 0.15) is 27.7 Å². The van der Waals surface area contributed by atoms with Crippen LogP contribution in [0.4, 0.5) is 0 Å². The molecule has 0 aliphatic carbocycles. The van der Waals surface area contributed by atoms with Gasteiger partial charge in [0.05, 0.1) is 0 Å². The van der Waals surface area contributed by atoms with E-state index >= 15 is 0 Å². The standard InChI is InChI=1S/C10H22O4SSi/c1-5-12-16(13-6-2,14-7-3)9-8-15-10(4)11/h5-9H2,1-4H3. The fraction of sp³-hybridized carbons (Fsp3) is 0.900. The van der Waals surface area contributed by atoms with Crippen molar-refractivity contribution in [2.45, 2.75) is 33.7 Å². The zero-order valence-electron chi connectivity index (χ0n) is 10.6. The van der Waals surface area contributed by atoms with Gasteiger partial charge >= 0.3 is 8.80 Å². The molecule has 0 amide bonds. The zero-order chi connectivity index (χ0) is 12.4. The fourth-order valence-electron chi connectivity index (χ4n) is 1.32. The number of hydrogen-bond acceptors (Lipinski definition) is 5. The number of thioether (sulfide) groups is 1. The zero-order valence-corrected chi connectivity index (χ0v) is 12.4. The van der Waals surface area contributed by atoms with Crippen molar-refractivity contribution < 1.29 is 18.1 Å². The molecule has 0 N–H and O–H groups in total. The molecule has 0 aliphatic rings. The Morgan fingerprint density at radius 3 is 1.81 bits per heavy atom. The highest BCUT2D eigenvalue weighted by Crippen LogP contribution is 2.19. The maximum atomic E-state index is 10.9. The van der Waals surface area contributed by atoms with Crippen molar-refractivity contribution in [3.8, 4) is 0 Å². The van der Waals surface area contributed by atoms with E-state index in [1.165, 1.54) is 11.8 Å². The smallest absolute Gasteiger partial charge is 0.374 e. The normalized spacial score (nSPS) is 11.8. The van der Waals surface area contributed by atoms with Crippen LogP contribution in [0, 0.1) is 0 Å². The Balaban J connectivity index is 4.28. The second-order valence-corrected chi connectivity index (χ2v) is 7.08. The summed E-state index contributed by atoms with van der Waals surface area (Å²) in [4.78, 5) is 10.9. The quantitative estimate of drug-likeness (QED) is 0.599. The molecule has 0 aromatic heterocycles. The predicted molar refractivity (Wildman–Crippen MR) is 68.6 cm³/mol. The molecule has 4 nitrogen and oxygen atoms in total. The lowest BCUT2D eigenvalue weighted by molar-refractivity contribution is -0.109. The van der Waals surface area contributed by atoms with E-state index in [2.05, 4.69) is 0 Å². The third-order valence-corrected chi connectivity index (χ3v) is 6.03. The van der Waals surface area contributed by atoms with E-state index in [1.54, 1.807) is 6.92 Å². The Labute approximate surface area is 103 Å². The number of rotatable bonds is 9. The first kappa shape index (κ1) is 16.1. The molecule has 0 rings (SSSR count). The lowest BCUT2D eigenvalue weighted by Crippen LogP contribution is -2.46. The Hall–Kier alpha value is 0.117. The van der Waals surface area contributed by atoms with Gasteiger partial charge in [-0.3, -0.25) is 4.79 Å². The summed E-state index contributed by atoms with van der Waals surface area (Å²) >= 11 is 1.29. The highest BCUT2D eigenvalue weighted by Gasteiger charge is 2.39. The van der Waals surface area contributed by atoms with Gasteiger partial charge in [-0.2, -0.15) is 0 Å². The second kappa shape index (κ2) is 9.18. The minimum Gasteiger partial charge on any atom is -0.374 e. The van der Waals surface area contributed by atoms with Gasteiger partial charge in [0.15, 0.2) is 5.12 Å². The van der Waals surface area contributed by atoms with Gasteiger partial charge in [0.2, 0.25) is 0 Å². The topological polar surface area (TPSA) is 44.8 Å². The van der Waals surface area contributed by atoms with E-state index in [4.69, 9.17) is 13.3 Å². The summed E-state index contributed by atoms with van der Waals surface area (Å²) in [5, 5.41) is 0.118. The lowest BCUT2D eigenvalue weighted by Gasteiger charge is -2.28. The molecule has 0 atom stereocenters. The van der Waals surface area contributed by atoms with Gasteiger partial charge in [-0.15, -0.1) is 0 Å². The summed E-state index contributed by atoms with van der Waals surface area (Å²) in [7, 11) is -2.54. The molecule has 0 spiro atoms. The first-order chi connectivity index (χ1) is 7.60. The number of hydrogen-bond donors (Lipinski definition) is 0. The Morgan fingerprint density at radius 2 is 1.50 bits per heavy atom. The average Bonchev–Trinajstić information content (AvgIpc) is 2.18. The van der Waals surface area contributed by atoms with Crippen LogP contribution in [-0.2, 0) is 18.1 Å². The van der Waals surface area contributed by atoms with E-state index < -0.39 is 8.80 Å². The SMILES string of the molecule is CCO[Si](CCSC(C)=O)(OCC)OCC. The molecule has 0 saturated carbocycles. The molecule has 16 heavy (non-hydrogen) atoms. The predicted octanol–water partition coefficient (Wildman–Crippen LogP) is 2.31. The molecule has 0 aromatic rings. The molecule has 0 bridgehead atoms. The summed E-state index contributed by atoms with van der Waals surface area (Å²) in [6, 6.07) is 0.687. The molecule has 0 saturated heterocycles.